The molecule has 1 heterocycles. The molecule has 0 aliphatic carbocycles. The minimum absolute atomic E-state index is 0.172. The van der Waals surface area contributed by atoms with Gasteiger partial charge in [-0.3, -0.25) is 4.79 Å². The van der Waals surface area contributed by atoms with Crippen LogP contribution in [0.3, 0.4) is 0 Å². The van der Waals surface area contributed by atoms with Crippen molar-refractivity contribution in [3.05, 3.63) is 0 Å². The Morgan fingerprint density at radius 1 is 1.41 bits per heavy atom. The Labute approximate surface area is 105 Å². The van der Waals surface area contributed by atoms with Crippen LogP contribution in [0.4, 0.5) is 0 Å². The van der Waals surface area contributed by atoms with Gasteiger partial charge in [0.25, 0.3) is 0 Å². The van der Waals surface area contributed by atoms with Crippen LogP contribution in [0.5, 0.6) is 0 Å². The average molecular weight is 241 g/mol. The number of hydrogen-bond donors (Lipinski definition) is 1. The maximum atomic E-state index is 12.1. The zero-order chi connectivity index (χ0) is 13.1. The summed E-state index contributed by atoms with van der Waals surface area (Å²) in [6, 6.07) is 0. The molecule has 100 valence electrons. The highest BCUT2D eigenvalue weighted by atomic mass is 16.3. The van der Waals surface area contributed by atoms with Crippen molar-refractivity contribution < 1.29 is 9.90 Å². The Morgan fingerprint density at radius 3 is 2.53 bits per heavy atom. The predicted octanol–water partition coefficient (Wildman–Crippen LogP) is 2.57. The van der Waals surface area contributed by atoms with Gasteiger partial charge in [-0.1, -0.05) is 26.7 Å². The van der Waals surface area contributed by atoms with E-state index in [4.69, 9.17) is 0 Å². The van der Waals surface area contributed by atoms with E-state index in [0.29, 0.717) is 19.4 Å². The molecule has 1 rings (SSSR count). The number of likely N-dealkylation sites (tertiary alicyclic amines) is 1. The standard InChI is InChI=1S/C14H27NO2/c1-11(2)7-5-6-8-13(17)15-10-12(16)9-14(15,3)4/h11-12,16H,5-10H2,1-4H3. The number of rotatable bonds is 5. The number of aliphatic hydroxyl groups excluding tert-OH is 1. The zero-order valence-electron chi connectivity index (χ0n) is 11.7. The molecular formula is C14H27NO2. The van der Waals surface area contributed by atoms with Gasteiger partial charge in [0.2, 0.25) is 5.91 Å². The fourth-order valence-corrected chi connectivity index (χ4v) is 2.61. The quantitative estimate of drug-likeness (QED) is 0.752. The Bertz CT molecular complexity index is 261. The van der Waals surface area contributed by atoms with Crippen LogP contribution in [0.1, 0.15) is 59.8 Å². The van der Waals surface area contributed by atoms with Crippen molar-refractivity contribution in [3.63, 3.8) is 0 Å². The summed E-state index contributed by atoms with van der Waals surface area (Å²) in [6.45, 7) is 9.00. The van der Waals surface area contributed by atoms with Gasteiger partial charge >= 0.3 is 0 Å². The number of carbonyl (C=O) groups is 1. The molecule has 0 spiro atoms. The van der Waals surface area contributed by atoms with Crippen LogP contribution < -0.4 is 0 Å². The van der Waals surface area contributed by atoms with E-state index in [-0.39, 0.29) is 17.6 Å². The molecule has 1 aliphatic heterocycles. The SMILES string of the molecule is CC(C)CCCCC(=O)N1CC(O)CC1(C)C. The molecule has 3 nitrogen and oxygen atoms in total. The number of aliphatic hydroxyl groups is 1. The average Bonchev–Trinajstić information content (AvgIpc) is 2.46. The molecule has 1 saturated heterocycles. The second-order valence-electron chi connectivity index (χ2n) is 6.31. The largest absolute Gasteiger partial charge is 0.391 e. The zero-order valence-corrected chi connectivity index (χ0v) is 11.7. The molecule has 3 heteroatoms. The Balaban J connectivity index is 2.33. The second-order valence-corrected chi connectivity index (χ2v) is 6.31. The molecular weight excluding hydrogens is 214 g/mol. The fourth-order valence-electron chi connectivity index (χ4n) is 2.61. The highest BCUT2D eigenvalue weighted by molar-refractivity contribution is 5.77. The lowest BCUT2D eigenvalue weighted by Crippen LogP contribution is -2.42. The normalized spacial score (nSPS) is 23.4. The molecule has 1 fully saturated rings. The van der Waals surface area contributed by atoms with Gasteiger partial charge in [0.05, 0.1) is 6.10 Å². The summed E-state index contributed by atoms with van der Waals surface area (Å²) < 4.78 is 0. The van der Waals surface area contributed by atoms with Crippen LogP contribution in [0.15, 0.2) is 0 Å². The first-order chi connectivity index (χ1) is 7.83. The third-order valence-electron chi connectivity index (χ3n) is 3.58. The smallest absolute Gasteiger partial charge is 0.223 e. The van der Waals surface area contributed by atoms with Gasteiger partial charge in [0.1, 0.15) is 0 Å². The molecule has 1 aliphatic rings. The minimum Gasteiger partial charge on any atom is -0.391 e. The van der Waals surface area contributed by atoms with Gasteiger partial charge < -0.3 is 10.0 Å². The summed E-state index contributed by atoms with van der Waals surface area (Å²) in [7, 11) is 0. The van der Waals surface area contributed by atoms with Crippen molar-refractivity contribution in [1.82, 2.24) is 4.90 Å². The topological polar surface area (TPSA) is 40.5 Å². The molecule has 0 radical (unpaired) electrons. The lowest BCUT2D eigenvalue weighted by molar-refractivity contribution is -0.134. The van der Waals surface area contributed by atoms with E-state index in [0.717, 1.165) is 18.8 Å². The Morgan fingerprint density at radius 2 is 2.06 bits per heavy atom. The summed E-state index contributed by atoms with van der Waals surface area (Å²) in [4.78, 5) is 13.9. The third kappa shape index (κ3) is 4.30. The second kappa shape index (κ2) is 5.85. The highest BCUT2D eigenvalue weighted by Crippen LogP contribution is 2.29. The molecule has 0 aromatic heterocycles. The molecule has 1 atom stereocenters. The van der Waals surface area contributed by atoms with E-state index in [2.05, 4.69) is 13.8 Å². The molecule has 1 amide bonds. The first-order valence-corrected chi connectivity index (χ1v) is 6.81. The van der Waals surface area contributed by atoms with Crippen molar-refractivity contribution >= 4 is 5.91 Å². The van der Waals surface area contributed by atoms with Crippen LogP contribution in [0, 0.1) is 5.92 Å². The van der Waals surface area contributed by atoms with Crippen molar-refractivity contribution in [2.75, 3.05) is 6.54 Å². The van der Waals surface area contributed by atoms with Crippen LogP contribution in [0.25, 0.3) is 0 Å². The van der Waals surface area contributed by atoms with Gasteiger partial charge in [-0.15, -0.1) is 0 Å². The van der Waals surface area contributed by atoms with Crippen LogP contribution in [-0.2, 0) is 4.79 Å². The van der Waals surface area contributed by atoms with Crippen molar-refractivity contribution in [3.8, 4) is 0 Å². The molecule has 17 heavy (non-hydrogen) atoms. The third-order valence-corrected chi connectivity index (χ3v) is 3.58. The monoisotopic (exact) mass is 241 g/mol. The maximum absolute atomic E-state index is 12.1. The van der Waals surface area contributed by atoms with Gasteiger partial charge in [0, 0.05) is 18.5 Å². The van der Waals surface area contributed by atoms with Crippen LogP contribution >= 0.6 is 0 Å². The van der Waals surface area contributed by atoms with Crippen molar-refractivity contribution in [2.45, 2.75) is 71.4 Å². The first kappa shape index (κ1) is 14.5. The minimum atomic E-state index is -0.343. The highest BCUT2D eigenvalue weighted by Gasteiger charge is 2.39. The van der Waals surface area contributed by atoms with Crippen LogP contribution in [0.2, 0.25) is 0 Å². The lowest BCUT2D eigenvalue weighted by Gasteiger charge is -2.31. The summed E-state index contributed by atoms with van der Waals surface area (Å²) in [5.41, 5.74) is -0.172. The Hall–Kier alpha value is -0.570. The summed E-state index contributed by atoms with van der Waals surface area (Å²) in [5, 5.41) is 9.63. The van der Waals surface area contributed by atoms with Crippen LogP contribution in [-0.4, -0.2) is 34.1 Å². The molecule has 0 aromatic carbocycles. The van der Waals surface area contributed by atoms with Gasteiger partial charge in [-0.05, 0) is 32.6 Å². The number of amides is 1. The Kier molecular flexibility index (Phi) is 4.99. The number of β-amino-alcohol motifs (C(OH)–C–C–N with tert-alkyl or cyclic N) is 1. The number of nitrogens with zero attached hydrogens (tertiary/aromatic N) is 1. The fraction of sp³-hybridized carbons (Fsp3) is 0.929. The molecule has 0 aromatic rings. The van der Waals surface area contributed by atoms with Gasteiger partial charge in [-0.25, -0.2) is 0 Å². The van der Waals surface area contributed by atoms with E-state index in [9.17, 15) is 9.90 Å². The first-order valence-electron chi connectivity index (χ1n) is 6.81. The number of unbranched alkanes of at least 4 members (excludes halogenated alkanes) is 1. The number of carbonyl (C=O) groups excluding carboxylic acids is 1. The van der Waals surface area contributed by atoms with Gasteiger partial charge in [0.15, 0.2) is 0 Å². The molecule has 1 N–H and O–H groups in total. The summed E-state index contributed by atoms with van der Waals surface area (Å²) >= 11 is 0. The summed E-state index contributed by atoms with van der Waals surface area (Å²) in [5.74, 6) is 0.922. The van der Waals surface area contributed by atoms with E-state index >= 15 is 0 Å². The van der Waals surface area contributed by atoms with Gasteiger partial charge in [-0.2, -0.15) is 0 Å². The van der Waals surface area contributed by atoms with E-state index < -0.39 is 0 Å². The maximum Gasteiger partial charge on any atom is 0.223 e. The molecule has 0 saturated carbocycles. The molecule has 1 unspecified atom stereocenters. The van der Waals surface area contributed by atoms with E-state index in [1.54, 1.807) is 0 Å². The molecule has 0 bridgehead atoms. The van der Waals surface area contributed by atoms with Crippen molar-refractivity contribution in [2.24, 2.45) is 5.92 Å². The van der Waals surface area contributed by atoms with E-state index in [1.807, 2.05) is 18.7 Å². The lowest BCUT2D eigenvalue weighted by atomic mass is 10.0. The van der Waals surface area contributed by atoms with E-state index in [1.165, 1.54) is 6.42 Å². The van der Waals surface area contributed by atoms with Crippen molar-refractivity contribution in [1.29, 1.82) is 0 Å². The predicted molar refractivity (Wildman–Crippen MR) is 69.7 cm³/mol. The summed E-state index contributed by atoms with van der Waals surface area (Å²) in [6.07, 6.45) is 4.27. The number of hydrogen-bond acceptors (Lipinski definition) is 2.